The van der Waals surface area contributed by atoms with E-state index >= 15 is 0 Å². The quantitative estimate of drug-likeness (QED) is 0.802. The Kier molecular flexibility index (Phi) is 5.64. The number of benzene rings is 1. The predicted molar refractivity (Wildman–Crippen MR) is 80.1 cm³/mol. The number of hydrogen-bond acceptors (Lipinski definition) is 4. The van der Waals surface area contributed by atoms with Crippen molar-refractivity contribution in [1.29, 1.82) is 0 Å². The van der Waals surface area contributed by atoms with Crippen LogP contribution >= 0.6 is 11.6 Å². The summed E-state index contributed by atoms with van der Waals surface area (Å²) in [6.07, 6.45) is -0.125. The Morgan fingerprint density at radius 3 is 2.60 bits per heavy atom. The third-order valence-electron chi connectivity index (χ3n) is 2.51. The van der Waals surface area contributed by atoms with Crippen LogP contribution in [0.1, 0.15) is 12.8 Å². The summed E-state index contributed by atoms with van der Waals surface area (Å²) in [6, 6.07) is 4.89. The summed E-state index contributed by atoms with van der Waals surface area (Å²) in [5.74, 6) is -1.27. The van der Waals surface area contributed by atoms with Crippen molar-refractivity contribution in [3.8, 4) is 0 Å². The number of anilines is 2. The lowest BCUT2D eigenvalue weighted by molar-refractivity contribution is -0.137. The molecule has 0 radical (unpaired) electrons. The van der Waals surface area contributed by atoms with Crippen molar-refractivity contribution >= 4 is 39.0 Å². The van der Waals surface area contributed by atoms with Gasteiger partial charge < -0.3 is 10.0 Å². The summed E-state index contributed by atoms with van der Waals surface area (Å²) >= 11 is 5.87. The molecule has 8 heteroatoms. The molecule has 0 unspecified atom stereocenters. The standard InChI is InChI=1S/C12H17ClN2O4S/c1-15(2)11-6-5-9(13)8-10(11)14-20(18,19)7-3-4-12(16)17/h5-6,8,14H,3-4,7H2,1-2H3,(H,16,17). The molecule has 0 saturated carbocycles. The molecule has 0 spiro atoms. The lowest BCUT2D eigenvalue weighted by atomic mass is 10.2. The normalized spacial score (nSPS) is 11.2. The molecule has 0 amide bonds. The van der Waals surface area contributed by atoms with E-state index in [1.165, 1.54) is 6.07 Å². The number of sulfonamides is 1. The van der Waals surface area contributed by atoms with Crippen LogP contribution in [0.4, 0.5) is 11.4 Å². The molecule has 1 rings (SSSR count). The van der Waals surface area contributed by atoms with Crippen LogP contribution in [0, 0.1) is 0 Å². The molecule has 1 aromatic rings. The molecular weight excluding hydrogens is 304 g/mol. The first-order chi connectivity index (χ1) is 9.21. The maximum absolute atomic E-state index is 11.9. The third kappa shape index (κ3) is 5.26. The zero-order valence-corrected chi connectivity index (χ0v) is 12.8. The average molecular weight is 321 g/mol. The number of carboxylic acids is 1. The summed E-state index contributed by atoms with van der Waals surface area (Å²) in [5.41, 5.74) is 1.05. The van der Waals surface area contributed by atoms with Crippen LogP contribution < -0.4 is 9.62 Å². The molecule has 0 fully saturated rings. The van der Waals surface area contributed by atoms with Gasteiger partial charge in [0.1, 0.15) is 0 Å². The highest BCUT2D eigenvalue weighted by molar-refractivity contribution is 7.92. The van der Waals surface area contributed by atoms with E-state index in [4.69, 9.17) is 16.7 Å². The molecular formula is C12H17ClN2O4S. The first-order valence-corrected chi connectivity index (χ1v) is 7.93. The molecule has 2 N–H and O–H groups in total. The molecule has 0 aliphatic heterocycles. The fraction of sp³-hybridized carbons (Fsp3) is 0.417. The summed E-state index contributed by atoms with van der Waals surface area (Å²) in [6.45, 7) is 0. The second-order valence-corrected chi connectivity index (χ2v) is 6.75. The summed E-state index contributed by atoms with van der Waals surface area (Å²) < 4.78 is 26.2. The van der Waals surface area contributed by atoms with E-state index in [0.717, 1.165) is 0 Å². The number of aliphatic carboxylic acids is 1. The van der Waals surface area contributed by atoms with Crippen LogP contribution in [0.15, 0.2) is 18.2 Å². The minimum atomic E-state index is -3.60. The predicted octanol–water partition coefficient (Wildman–Crippen LogP) is 2.01. The molecule has 6 nitrogen and oxygen atoms in total. The average Bonchev–Trinajstić information content (AvgIpc) is 2.26. The molecule has 0 atom stereocenters. The molecule has 0 saturated heterocycles. The van der Waals surface area contributed by atoms with Gasteiger partial charge in [-0.1, -0.05) is 11.6 Å². The van der Waals surface area contributed by atoms with Crippen LogP contribution in [0.5, 0.6) is 0 Å². The second kappa shape index (κ2) is 6.81. The van der Waals surface area contributed by atoms with Gasteiger partial charge in [-0.05, 0) is 24.6 Å². The fourth-order valence-corrected chi connectivity index (χ4v) is 2.91. The fourth-order valence-electron chi connectivity index (χ4n) is 1.61. The van der Waals surface area contributed by atoms with Gasteiger partial charge in [0.15, 0.2) is 0 Å². The molecule has 0 bridgehead atoms. The van der Waals surface area contributed by atoms with E-state index in [-0.39, 0.29) is 18.6 Å². The van der Waals surface area contributed by atoms with Crippen molar-refractivity contribution in [1.82, 2.24) is 0 Å². The molecule has 0 aliphatic carbocycles. The van der Waals surface area contributed by atoms with Gasteiger partial charge in [0.05, 0.1) is 17.1 Å². The number of rotatable bonds is 7. The number of carbonyl (C=O) groups is 1. The van der Waals surface area contributed by atoms with Crippen LogP contribution in [0.3, 0.4) is 0 Å². The Labute approximate surface area is 123 Å². The highest BCUT2D eigenvalue weighted by Gasteiger charge is 2.15. The largest absolute Gasteiger partial charge is 0.481 e. The monoisotopic (exact) mass is 320 g/mol. The molecule has 1 aromatic carbocycles. The Hall–Kier alpha value is -1.47. The Morgan fingerprint density at radius 2 is 2.05 bits per heavy atom. The van der Waals surface area contributed by atoms with Crippen LogP contribution in [-0.4, -0.2) is 39.3 Å². The van der Waals surface area contributed by atoms with E-state index in [1.807, 2.05) is 0 Å². The van der Waals surface area contributed by atoms with E-state index in [0.29, 0.717) is 16.4 Å². The molecule has 112 valence electrons. The van der Waals surface area contributed by atoms with Crippen LogP contribution in [-0.2, 0) is 14.8 Å². The van der Waals surface area contributed by atoms with Crippen molar-refractivity contribution in [2.75, 3.05) is 29.5 Å². The van der Waals surface area contributed by atoms with Gasteiger partial charge in [0.2, 0.25) is 10.0 Å². The molecule has 20 heavy (non-hydrogen) atoms. The maximum Gasteiger partial charge on any atom is 0.303 e. The lowest BCUT2D eigenvalue weighted by Gasteiger charge is -2.18. The van der Waals surface area contributed by atoms with Crippen molar-refractivity contribution in [3.05, 3.63) is 23.2 Å². The van der Waals surface area contributed by atoms with Crippen molar-refractivity contribution in [2.45, 2.75) is 12.8 Å². The van der Waals surface area contributed by atoms with E-state index in [1.54, 1.807) is 31.1 Å². The highest BCUT2D eigenvalue weighted by atomic mass is 35.5. The number of nitrogens with one attached hydrogen (secondary N) is 1. The molecule has 0 heterocycles. The van der Waals surface area contributed by atoms with Gasteiger partial charge in [-0.2, -0.15) is 0 Å². The van der Waals surface area contributed by atoms with E-state index in [2.05, 4.69) is 4.72 Å². The van der Waals surface area contributed by atoms with Gasteiger partial charge >= 0.3 is 5.97 Å². The summed E-state index contributed by atoms with van der Waals surface area (Å²) in [5, 5.41) is 8.93. The number of carboxylic acid groups (broad SMARTS) is 1. The van der Waals surface area contributed by atoms with Crippen LogP contribution in [0.2, 0.25) is 5.02 Å². The third-order valence-corrected chi connectivity index (χ3v) is 4.10. The van der Waals surface area contributed by atoms with Crippen molar-refractivity contribution < 1.29 is 18.3 Å². The smallest absolute Gasteiger partial charge is 0.303 e. The number of hydrogen-bond donors (Lipinski definition) is 2. The van der Waals surface area contributed by atoms with Gasteiger partial charge in [-0.25, -0.2) is 8.42 Å². The first kappa shape index (κ1) is 16.6. The minimum absolute atomic E-state index is 0.0581. The van der Waals surface area contributed by atoms with Gasteiger partial charge in [-0.3, -0.25) is 9.52 Å². The summed E-state index contributed by atoms with van der Waals surface area (Å²) in [4.78, 5) is 12.1. The Bertz CT molecular complexity index is 587. The second-order valence-electron chi connectivity index (χ2n) is 4.47. The zero-order valence-electron chi connectivity index (χ0n) is 11.3. The number of halogens is 1. The first-order valence-electron chi connectivity index (χ1n) is 5.90. The lowest BCUT2D eigenvalue weighted by Crippen LogP contribution is -2.20. The SMILES string of the molecule is CN(C)c1ccc(Cl)cc1NS(=O)(=O)CCCC(=O)O. The van der Waals surface area contributed by atoms with Crippen LogP contribution in [0.25, 0.3) is 0 Å². The highest BCUT2D eigenvalue weighted by Crippen LogP contribution is 2.28. The topological polar surface area (TPSA) is 86.7 Å². The minimum Gasteiger partial charge on any atom is -0.481 e. The van der Waals surface area contributed by atoms with Crippen molar-refractivity contribution in [2.24, 2.45) is 0 Å². The number of nitrogens with zero attached hydrogens (tertiary/aromatic N) is 1. The van der Waals surface area contributed by atoms with Gasteiger partial charge in [0.25, 0.3) is 0 Å². The Balaban J connectivity index is 2.86. The van der Waals surface area contributed by atoms with E-state index in [9.17, 15) is 13.2 Å². The summed E-state index contributed by atoms with van der Waals surface area (Å²) in [7, 11) is -0.0353. The van der Waals surface area contributed by atoms with Gasteiger partial charge in [-0.15, -0.1) is 0 Å². The zero-order chi connectivity index (χ0) is 15.3. The molecule has 0 aliphatic rings. The molecule has 0 aromatic heterocycles. The van der Waals surface area contributed by atoms with Crippen molar-refractivity contribution in [3.63, 3.8) is 0 Å². The van der Waals surface area contributed by atoms with E-state index < -0.39 is 16.0 Å². The Morgan fingerprint density at radius 1 is 1.40 bits per heavy atom. The van der Waals surface area contributed by atoms with Gasteiger partial charge in [0, 0.05) is 25.5 Å². The maximum atomic E-state index is 11.9.